The third kappa shape index (κ3) is 2.53. The molecule has 0 unspecified atom stereocenters. The van der Waals surface area contributed by atoms with Crippen molar-refractivity contribution in [2.24, 2.45) is 0 Å². The molecule has 3 aromatic rings. The van der Waals surface area contributed by atoms with Crippen LogP contribution in [0.25, 0.3) is 5.65 Å². The topological polar surface area (TPSA) is 78.0 Å². The standard InChI is InChI=1S/C14H11BrN6/c1-17-12-8-21-5-4-18-14(21)13(20-12)19-11-6-10(15)3-2-9(11)7-16/h2-6,8,17H,1H3,(H,19,20). The van der Waals surface area contributed by atoms with Crippen LogP contribution in [0.15, 0.2) is 41.3 Å². The van der Waals surface area contributed by atoms with Crippen LogP contribution in [0.2, 0.25) is 0 Å². The van der Waals surface area contributed by atoms with Gasteiger partial charge in [0.05, 0.1) is 17.4 Å². The quantitative estimate of drug-likeness (QED) is 0.764. The fourth-order valence-corrected chi connectivity index (χ4v) is 2.34. The molecule has 21 heavy (non-hydrogen) atoms. The molecule has 0 saturated carbocycles. The molecule has 2 heterocycles. The predicted octanol–water partition coefficient (Wildman–Crippen LogP) is 3.15. The number of benzene rings is 1. The van der Waals surface area contributed by atoms with E-state index in [4.69, 9.17) is 0 Å². The average molecular weight is 343 g/mol. The molecule has 104 valence electrons. The van der Waals surface area contributed by atoms with Crippen LogP contribution >= 0.6 is 15.9 Å². The zero-order valence-corrected chi connectivity index (χ0v) is 12.7. The maximum absolute atomic E-state index is 9.20. The first kappa shape index (κ1) is 13.4. The minimum atomic E-state index is 0.541. The molecular weight excluding hydrogens is 332 g/mol. The van der Waals surface area contributed by atoms with Crippen LogP contribution in [0.1, 0.15) is 5.56 Å². The van der Waals surface area contributed by atoms with Gasteiger partial charge < -0.3 is 15.0 Å². The summed E-state index contributed by atoms with van der Waals surface area (Å²) >= 11 is 3.41. The molecule has 2 aromatic heterocycles. The molecule has 0 aliphatic rings. The van der Waals surface area contributed by atoms with E-state index >= 15 is 0 Å². The summed E-state index contributed by atoms with van der Waals surface area (Å²) in [7, 11) is 1.80. The minimum Gasteiger partial charge on any atom is -0.372 e. The highest BCUT2D eigenvalue weighted by Gasteiger charge is 2.10. The Bertz CT molecular complexity index is 848. The van der Waals surface area contributed by atoms with E-state index in [9.17, 15) is 5.26 Å². The van der Waals surface area contributed by atoms with Gasteiger partial charge in [0.1, 0.15) is 11.9 Å². The summed E-state index contributed by atoms with van der Waals surface area (Å²) in [4.78, 5) is 8.75. The van der Waals surface area contributed by atoms with Crippen LogP contribution in [-0.4, -0.2) is 21.4 Å². The molecule has 0 radical (unpaired) electrons. The molecule has 0 saturated heterocycles. The van der Waals surface area contributed by atoms with E-state index in [1.54, 1.807) is 19.3 Å². The number of aromatic nitrogens is 3. The second kappa shape index (κ2) is 5.42. The minimum absolute atomic E-state index is 0.541. The highest BCUT2D eigenvalue weighted by molar-refractivity contribution is 9.10. The lowest BCUT2D eigenvalue weighted by molar-refractivity contribution is 1.12. The maximum Gasteiger partial charge on any atom is 0.180 e. The Morgan fingerprint density at radius 1 is 1.38 bits per heavy atom. The summed E-state index contributed by atoms with van der Waals surface area (Å²) in [5, 5.41) is 15.4. The lowest BCUT2D eigenvalue weighted by Gasteiger charge is -2.11. The lowest BCUT2D eigenvalue weighted by Crippen LogP contribution is -2.03. The fourth-order valence-electron chi connectivity index (χ4n) is 1.98. The molecule has 0 aliphatic carbocycles. The largest absolute Gasteiger partial charge is 0.372 e. The van der Waals surface area contributed by atoms with Crippen molar-refractivity contribution < 1.29 is 0 Å². The third-order valence-corrected chi connectivity index (χ3v) is 3.48. The number of anilines is 3. The summed E-state index contributed by atoms with van der Waals surface area (Å²) in [6, 6.07) is 7.57. The zero-order chi connectivity index (χ0) is 14.8. The van der Waals surface area contributed by atoms with Crippen molar-refractivity contribution in [1.29, 1.82) is 5.26 Å². The summed E-state index contributed by atoms with van der Waals surface area (Å²) in [6.45, 7) is 0. The molecule has 0 amide bonds. The molecule has 7 heteroatoms. The first-order valence-electron chi connectivity index (χ1n) is 6.19. The Kier molecular flexibility index (Phi) is 3.46. The highest BCUT2D eigenvalue weighted by atomic mass is 79.9. The summed E-state index contributed by atoms with van der Waals surface area (Å²) in [6.07, 6.45) is 5.39. The van der Waals surface area contributed by atoms with Gasteiger partial charge in [0.25, 0.3) is 0 Å². The second-order valence-corrected chi connectivity index (χ2v) is 5.23. The molecule has 1 aromatic carbocycles. The third-order valence-electron chi connectivity index (χ3n) is 2.99. The maximum atomic E-state index is 9.20. The van der Waals surface area contributed by atoms with Crippen LogP contribution in [0.5, 0.6) is 0 Å². The smallest absolute Gasteiger partial charge is 0.180 e. The van der Waals surface area contributed by atoms with E-state index in [1.165, 1.54) is 0 Å². The van der Waals surface area contributed by atoms with E-state index in [0.29, 0.717) is 28.5 Å². The summed E-state index contributed by atoms with van der Waals surface area (Å²) < 4.78 is 2.75. The number of rotatable bonds is 3. The second-order valence-electron chi connectivity index (χ2n) is 4.31. The predicted molar refractivity (Wildman–Crippen MR) is 84.7 cm³/mol. The zero-order valence-electron chi connectivity index (χ0n) is 11.1. The number of hydrogen-bond donors (Lipinski definition) is 2. The molecule has 0 aliphatic heterocycles. The number of hydrogen-bond acceptors (Lipinski definition) is 5. The fraction of sp³-hybridized carbons (Fsp3) is 0.0714. The lowest BCUT2D eigenvalue weighted by atomic mass is 10.2. The van der Waals surface area contributed by atoms with Gasteiger partial charge >= 0.3 is 0 Å². The first-order chi connectivity index (χ1) is 10.2. The van der Waals surface area contributed by atoms with Gasteiger partial charge in [-0.3, -0.25) is 0 Å². The molecule has 0 atom stereocenters. The van der Waals surface area contributed by atoms with E-state index < -0.39 is 0 Å². The van der Waals surface area contributed by atoms with E-state index in [1.807, 2.05) is 28.9 Å². The van der Waals surface area contributed by atoms with Crippen LogP contribution in [0.3, 0.4) is 0 Å². The van der Waals surface area contributed by atoms with Gasteiger partial charge in [-0.05, 0) is 18.2 Å². The number of imidazole rings is 1. The first-order valence-corrected chi connectivity index (χ1v) is 6.98. The number of nitriles is 1. The van der Waals surface area contributed by atoms with Crippen LogP contribution in [-0.2, 0) is 0 Å². The summed E-state index contributed by atoms with van der Waals surface area (Å²) in [5.74, 6) is 1.29. The van der Waals surface area contributed by atoms with Crippen LogP contribution < -0.4 is 10.6 Å². The molecule has 0 bridgehead atoms. The molecule has 2 N–H and O–H groups in total. The van der Waals surface area contributed by atoms with Gasteiger partial charge in [0.15, 0.2) is 11.5 Å². The van der Waals surface area contributed by atoms with Crippen LogP contribution in [0.4, 0.5) is 17.3 Å². The molecule has 3 rings (SSSR count). The Morgan fingerprint density at radius 2 is 2.24 bits per heavy atom. The summed E-state index contributed by atoms with van der Waals surface area (Å²) in [5.41, 5.74) is 1.91. The molecule has 0 fully saturated rings. The van der Waals surface area contributed by atoms with E-state index in [0.717, 1.165) is 4.47 Å². The monoisotopic (exact) mass is 342 g/mol. The van der Waals surface area contributed by atoms with Crippen molar-refractivity contribution in [1.82, 2.24) is 14.4 Å². The Morgan fingerprint density at radius 3 is 3.00 bits per heavy atom. The number of halogens is 1. The van der Waals surface area contributed by atoms with Crippen molar-refractivity contribution in [2.45, 2.75) is 0 Å². The van der Waals surface area contributed by atoms with Crippen molar-refractivity contribution in [2.75, 3.05) is 17.7 Å². The number of nitrogens with one attached hydrogen (secondary N) is 2. The average Bonchev–Trinajstić information content (AvgIpc) is 2.96. The van der Waals surface area contributed by atoms with Gasteiger partial charge in [-0.1, -0.05) is 15.9 Å². The van der Waals surface area contributed by atoms with E-state index in [2.05, 4.69) is 42.6 Å². The van der Waals surface area contributed by atoms with Crippen molar-refractivity contribution >= 4 is 38.9 Å². The highest BCUT2D eigenvalue weighted by Crippen LogP contribution is 2.26. The van der Waals surface area contributed by atoms with Crippen molar-refractivity contribution in [3.05, 3.63) is 46.8 Å². The van der Waals surface area contributed by atoms with Gasteiger partial charge in [0.2, 0.25) is 0 Å². The Balaban J connectivity index is 2.12. The normalized spacial score (nSPS) is 10.3. The molecule has 6 nitrogen and oxygen atoms in total. The Labute approximate surface area is 129 Å². The van der Waals surface area contributed by atoms with Gasteiger partial charge in [-0.2, -0.15) is 5.26 Å². The van der Waals surface area contributed by atoms with E-state index in [-0.39, 0.29) is 0 Å². The van der Waals surface area contributed by atoms with Gasteiger partial charge in [-0.25, -0.2) is 9.97 Å². The van der Waals surface area contributed by atoms with Gasteiger partial charge in [-0.15, -0.1) is 0 Å². The van der Waals surface area contributed by atoms with Crippen molar-refractivity contribution in [3.8, 4) is 6.07 Å². The number of fused-ring (bicyclic) bond motifs is 1. The Hall–Kier alpha value is -2.59. The molecular formula is C14H11BrN6. The molecule has 0 spiro atoms. The van der Waals surface area contributed by atoms with Crippen molar-refractivity contribution in [3.63, 3.8) is 0 Å². The van der Waals surface area contributed by atoms with Gasteiger partial charge in [0, 0.05) is 23.9 Å². The number of nitrogens with zero attached hydrogens (tertiary/aromatic N) is 4. The van der Waals surface area contributed by atoms with Crippen LogP contribution in [0, 0.1) is 11.3 Å². The SMILES string of the molecule is CNc1cn2ccnc2c(Nc2cc(Br)ccc2C#N)n1.